The van der Waals surface area contributed by atoms with Crippen molar-refractivity contribution in [2.75, 3.05) is 0 Å². The molecule has 3 aromatic rings. The average molecular weight is 368 g/mol. The highest BCUT2D eigenvalue weighted by Gasteiger charge is 2.33. The van der Waals surface area contributed by atoms with E-state index in [2.05, 4.69) is 25.9 Å². The second-order valence-corrected chi connectivity index (χ2v) is 6.04. The molecule has 0 saturated heterocycles. The van der Waals surface area contributed by atoms with Gasteiger partial charge in [-0.25, -0.2) is 9.97 Å². The minimum atomic E-state index is -0.321. The van der Waals surface area contributed by atoms with Crippen LogP contribution in [0, 0.1) is 0 Å². The second kappa shape index (κ2) is 5.24. The number of hydrogen-bond donors (Lipinski definition) is 0. The molecule has 0 fully saturated rings. The van der Waals surface area contributed by atoms with E-state index < -0.39 is 0 Å². The summed E-state index contributed by atoms with van der Waals surface area (Å²) in [6, 6.07) is 10.7. The Morgan fingerprint density at radius 2 is 1.61 bits per heavy atom. The van der Waals surface area contributed by atoms with Crippen molar-refractivity contribution in [3.05, 3.63) is 70.2 Å². The zero-order valence-electron chi connectivity index (χ0n) is 11.9. The number of aromatic nitrogens is 2. The lowest BCUT2D eigenvalue weighted by atomic mass is 9.94. The molecule has 0 aliphatic carbocycles. The Bertz CT molecular complexity index is 934. The highest BCUT2D eigenvalue weighted by atomic mass is 79.9. The van der Waals surface area contributed by atoms with Crippen LogP contribution in [0.3, 0.4) is 0 Å². The van der Waals surface area contributed by atoms with E-state index in [1.54, 1.807) is 30.6 Å². The first-order valence-corrected chi connectivity index (χ1v) is 7.79. The number of rotatable bonds is 2. The standard InChI is InChI=1S/C17H10BrN3O2/c18-13-6-5-12-15-10(13)3-1-4-11(15)16(22)21(17(12)23)9-14-19-7-2-8-20-14/h1-8H,9H2. The molecule has 0 radical (unpaired) electrons. The van der Waals surface area contributed by atoms with E-state index >= 15 is 0 Å². The lowest BCUT2D eigenvalue weighted by Gasteiger charge is -2.26. The van der Waals surface area contributed by atoms with Gasteiger partial charge in [-0.05, 0) is 29.7 Å². The fourth-order valence-electron chi connectivity index (χ4n) is 2.81. The van der Waals surface area contributed by atoms with Crippen LogP contribution < -0.4 is 0 Å². The van der Waals surface area contributed by atoms with Crippen LogP contribution in [0.1, 0.15) is 26.5 Å². The molecule has 2 aromatic carbocycles. The van der Waals surface area contributed by atoms with Crippen LogP contribution in [0.15, 0.2) is 53.3 Å². The van der Waals surface area contributed by atoms with Gasteiger partial charge >= 0.3 is 0 Å². The first-order valence-electron chi connectivity index (χ1n) is 7.00. The Balaban J connectivity index is 1.87. The number of benzene rings is 2. The SMILES string of the molecule is O=C1c2cccc3c(Br)ccc(c23)C(=O)N1Cc1ncccn1. The molecule has 5 nitrogen and oxygen atoms in total. The largest absolute Gasteiger partial charge is 0.269 e. The van der Waals surface area contributed by atoms with Crippen LogP contribution in [-0.2, 0) is 6.54 Å². The Morgan fingerprint density at radius 3 is 2.35 bits per heavy atom. The molecular formula is C17H10BrN3O2. The lowest BCUT2D eigenvalue weighted by molar-refractivity contribution is 0.0594. The van der Waals surface area contributed by atoms with Crippen molar-refractivity contribution in [2.45, 2.75) is 6.54 Å². The van der Waals surface area contributed by atoms with Crippen LogP contribution in [0.2, 0.25) is 0 Å². The van der Waals surface area contributed by atoms with Gasteiger partial charge in [0, 0.05) is 33.4 Å². The fraction of sp³-hybridized carbons (Fsp3) is 0.0588. The van der Waals surface area contributed by atoms with E-state index in [4.69, 9.17) is 0 Å². The molecule has 0 unspecified atom stereocenters. The zero-order valence-corrected chi connectivity index (χ0v) is 13.4. The summed E-state index contributed by atoms with van der Waals surface area (Å²) in [6.07, 6.45) is 3.18. The number of imide groups is 1. The third kappa shape index (κ3) is 2.14. The van der Waals surface area contributed by atoms with Gasteiger partial charge in [-0.2, -0.15) is 0 Å². The molecule has 0 bridgehead atoms. The van der Waals surface area contributed by atoms with Crippen LogP contribution in [-0.4, -0.2) is 26.7 Å². The lowest BCUT2D eigenvalue weighted by Crippen LogP contribution is -2.40. The van der Waals surface area contributed by atoms with Crippen molar-refractivity contribution in [3.8, 4) is 0 Å². The Hall–Kier alpha value is -2.60. The van der Waals surface area contributed by atoms with E-state index in [0.717, 1.165) is 9.86 Å². The van der Waals surface area contributed by atoms with Gasteiger partial charge in [0.15, 0.2) is 0 Å². The summed E-state index contributed by atoms with van der Waals surface area (Å²) < 4.78 is 0.860. The molecule has 0 saturated carbocycles. The maximum atomic E-state index is 12.8. The van der Waals surface area contributed by atoms with Crippen molar-refractivity contribution in [1.82, 2.24) is 14.9 Å². The fourth-order valence-corrected chi connectivity index (χ4v) is 3.27. The molecule has 0 atom stereocenters. The molecule has 1 aromatic heterocycles. The minimum Gasteiger partial charge on any atom is -0.269 e. The third-order valence-corrected chi connectivity index (χ3v) is 4.55. The summed E-state index contributed by atoms with van der Waals surface area (Å²) in [5, 5.41) is 1.56. The number of nitrogens with zero attached hydrogens (tertiary/aromatic N) is 3. The molecule has 2 heterocycles. The number of hydrogen-bond acceptors (Lipinski definition) is 4. The monoisotopic (exact) mass is 367 g/mol. The van der Waals surface area contributed by atoms with Crippen molar-refractivity contribution >= 4 is 38.5 Å². The van der Waals surface area contributed by atoms with Gasteiger partial charge in [0.2, 0.25) is 0 Å². The predicted octanol–water partition coefficient (Wildman–Crippen LogP) is 3.19. The van der Waals surface area contributed by atoms with Gasteiger partial charge in [0.05, 0.1) is 6.54 Å². The van der Waals surface area contributed by atoms with E-state index in [9.17, 15) is 9.59 Å². The molecule has 6 heteroatoms. The van der Waals surface area contributed by atoms with Gasteiger partial charge in [0.25, 0.3) is 11.8 Å². The Labute approximate surface area is 140 Å². The molecular weight excluding hydrogens is 358 g/mol. The topological polar surface area (TPSA) is 63.2 Å². The van der Waals surface area contributed by atoms with E-state index in [1.165, 1.54) is 4.90 Å². The number of carbonyl (C=O) groups excluding carboxylic acids is 2. The molecule has 4 rings (SSSR count). The average Bonchev–Trinajstić information content (AvgIpc) is 2.59. The van der Waals surface area contributed by atoms with E-state index in [0.29, 0.717) is 22.3 Å². The second-order valence-electron chi connectivity index (χ2n) is 5.18. The minimum absolute atomic E-state index is 0.0599. The normalized spacial score (nSPS) is 13.7. The van der Waals surface area contributed by atoms with Gasteiger partial charge < -0.3 is 0 Å². The van der Waals surface area contributed by atoms with Gasteiger partial charge in [-0.3, -0.25) is 14.5 Å². The summed E-state index contributed by atoms with van der Waals surface area (Å²) in [5.74, 6) is -0.209. The first kappa shape index (κ1) is 14.0. The van der Waals surface area contributed by atoms with E-state index in [1.807, 2.05) is 18.2 Å². The summed E-state index contributed by atoms with van der Waals surface area (Å²) >= 11 is 3.47. The molecule has 112 valence electrons. The number of amides is 2. The third-order valence-electron chi connectivity index (χ3n) is 3.86. The van der Waals surface area contributed by atoms with Gasteiger partial charge in [-0.1, -0.05) is 28.1 Å². The van der Waals surface area contributed by atoms with Gasteiger partial charge in [-0.15, -0.1) is 0 Å². The summed E-state index contributed by atoms with van der Waals surface area (Å²) in [6.45, 7) is 0.0599. The van der Waals surface area contributed by atoms with Gasteiger partial charge in [0.1, 0.15) is 5.82 Å². The van der Waals surface area contributed by atoms with Crippen molar-refractivity contribution in [2.24, 2.45) is 0 Å². The van der Waals surface area contributed by atoms with Crippen molar-refractivity contribution < 1.29 is 9.59 Å². The molecule has 1 aliphatic rings. The summed E-state index contributed by atoms with van der Waals surface area (Å²) in [4.78, 5) is 34.9. The first-order chi connectivity index (χ1) is 11.2. The molecule has 1 aliphatic heterocycles. The highest BCUT2D eigenvalue weighted by molar-refractivity contribution is 9.10. The maximum absolute atomic E-state index is 12.8. The van der Waals surface area contributed by atoms with Crippen LogP contribution in [0.25, 0.3) is 10.8 Å². The quantitative estimate of drug-likeness (QED) is 0.652. The zero-order chi connectivity index (χ0) is 16.0. The number of halogens is 1. The van der Waals surface area contributed by atoms with Crippen LogP contribution in [0.5, 0.6) is 0 Å². The van der Waals surface area contributed by atoms with Crippen molar-refractivity contribution in [3.63, 3.8) is 0 Å². The molecule has 0 N–H and O–H groups in total. The maximum Gasteiger partial charge on any atom is 0.261 e. The number of carbonyl (C=O) groups is 2. The van der Waals surface area contributed by atoms with E-state index in [-0.39, 0.29) is 18.4 Å². The Morgan fingerprint density at radius 1 is 0.913 bits per heavy atom. The Kier molecular flexibility index (Phi) is 3.20. The predicted molar refractivity (Wildman–Crippen MR) is 87.9 cm³/mol. The molecule has 0 spiro atoms. The smallest absolute Gasteiger partial charge is 0.261 e. The summed E-state index contributed by atoms with van der Waals surface area (Å²) in [7, 11) is 0. The highest BCUT2D eigenvalue weighted by Crippen LogP contribution is 2.34. The molecule has 2 amide bonds. The van der Waals surface area contributed by atoms with Crippen LogP contribution in [0.4, 0.5) is 0 Å². The van der Waals surface area contributed by atoms with Crippen molar-refractivity contribution in [1.29, 1.82) is 0 Å². The molecule has 23 heavy (non-hydrogen) atoms. The van der Waals surface area contributed by atoms with Crippen LogP contribution >= 0.6 is 15.9 Å². The summed E-state index contributed by atoms with van der Waals surface area (Å²) in [5.41, 5.74) is 1.05.